The Hall–Kier alpha value is -1.13. The quantitative estimate of drug-likeness (QED) is 0.893. The van der Waals surface area contributed by atoms with Crippen molar-refractivity contribution in [1.29, 1.82) is 0 Å². The summed E-state index contributed by atoms with van der Waals surface area (Å²) in [5.41, 5.74) is 1.12. The van der Waals surface area contributed by atoms with Crippen LogP contribution in [0.4, 0.5) is 10.1 Å². The molecule has 1 saturated heterocycles. The highest BCUT2D eigenvalue weighted by atomic mass is 35.5. The second kappa shape index (κ2) is 7.46. The molecular weight excluding hydrogens is 267 g/mol. The lowest BCUT2D eigenvalue weighted by molar-refractivity contribution is -0.116. The van der Waals surface area contributed by atoms with E-state index in [1.807, 2.05) is 0 Å². The van der Waals surface area contributed by atoms with Crippen molar-refractivity contribution in [3.8, 4) is 0 Å². The molecule has 5 heteroatoms. The molecular formula is C14H20ClFN2O. The first kappa shape index (κ1) is 15.9. The van der Waals surface area contributed by atoms with Crippen molar-refractivity contribution in [2.24, 2.45) is 0 Å². The molecule has 0 spiro atoms. The molecule has 1 atom stereocenters. The Morgan fingerprint density at radius 1 is 1.53 bits per heavy atom. The number of carbonyl (C=O) groups is 1. The van der Waals surface area contributed by atoms with E-state index >= 15 is 0 Å². The Morgan fingerprint density at radius 2 is 2.32 bits per heavy atom. The predicted octanol–water partition coefficient (Wildman–Crippen LogP) is 3.03. The lowest BCUT2D eigenvalue weighted by Gasteiger charge is -2.10. The van der Waals surface area contributed by atoms with Gasteiger partial charge in [0.15, 0.2) is 0 Å². The van der Waals surface area contributed by atoms with Crippen molar-refractivity contribution in [1.82, 2.24) is 5.32 Å². The molecule has 2 N–H and O–H groups in total. The zero-order valence-electron chi connectivity index (χ0n) is 11.0. The van der Waals surface area contributed by atoms with E-state index in [1.54, 1.807) is 19.1 Å². The summed E-state index contributed by atoms with van der Waals surface area (Å²) in [5, 5.41) is 6.08. The number of anilines is 1. The minimum atomic E-state index is -0.287. The van der Waals surface area contributed by atoms with Crippen LogP contribution in [0.3, 0.4) is 0 Å². The van der Waals surface area contributed by atoms with E-state index in [0.29, 0.717) is 23.7 Å². The molecule has 1 aliphatic heterocycles. The first-order chi connectivity index (χ1) is 8.65. The fraction of sp³-hybridized carbons (Fsp3) is 0.500. The summed E-state index contributed by atoms with van der Waals surface area (Å²) in [6, 6.07) is 5.22. The molecule has 1 heterocycles. The smallest absolute Gasteiger partial charge is 0.224 e. The number of amides is 1. The summed E-state index contributed by atoms with van der Waals surface area (Å²) in [5.74, 6) is -0.336. The van der Waals surface area contributed by atoms with E-state index in [9.17, 15) is 9.18 Å². The Kier molecular flexibility index (Phi) is 6.25. The van der Waals surface area contributed by atoms with Gasteiger partial charge in [0.1, 0.15) is 5.82 Å². The summed E-state index contributed by atoms with van der Waals surface area (Å²) in [4.78, 5) is 11.7. The second-order valence-corrected chi connectivity index (χ2v) is 4.84. The number of hydrogen-bond donors (Lipinski definition) is 2. The van der Waals surface area contributed by atoms with Crippen LogP contribution in [0.15, 0.2) is 18.2 Å². The lowest BCUT2D eigenvalue weighted by atomic mass is 10.1. The van der Waals surface area contributed by atoms with E-state index in [4.69, 9.17) is 0 Å². The van der Waals surface area contributed by atoms with Crippen LogP contribution in [-0.4, -0.2) is 18.5 Å². The monoisotopic (exact) mass is 286 g/mol. The first-order valence-electron chi connectivity index (χ1n) is 6.44. The van der Waals surface area contributed by atoms with Gasteiger partial charge < -0.3 is 10.6 Å². The topological polar surface area (TPSA) is 41.1 Å². The van der Waals surface area contributed by atoms with Crippen molar-refractivity contribution in [3.63, 3.8) is 0 Å². The van der Waals surface area contributed by atoms with E-state index in [1.165, 1.54) is 12.5 Å². The van der Waals surface area contributed by atoms with Gasteiger partial charge in [0.05, 0.1) is 0 Å². The van der Waals surface area contributed by atoms with Gasteiger partial charge in [-0.3, -0.25) is 4.79 Å². The highest BCUT2D eigenvalue weighted by molar-refractivity contribution is 5.90. The maximum atomic E-state index is 13.3. The third kappa shape index (κ3) is 4.80. The Morgan fingerprint density at radius 3 is 2.95 bits per heavy atom. The molecule has 0 aromatic heterocycles. The molecule has 19 heavy (non-hydrogen) atoms. The van der Waals surface area contributed by atoms with Gasteiger partial charge in [0.25, 0.3) is 0 Å². The number of benzene rings is 1. The molecule has 3 nitrogen and oxygen atoms in total. The number of hydrogen-bond acceptors (Lipinski definition) is 2. The lowest BCUT2D eigenvalue weighted by Crippen LogP contribution is -2.23. The largest absolute Gasteiger partial charge is 0.326 e. The average Bonchev–Trinajstić information content (AvgIpc) is 2.84. The van der Waals surface area contributed by atoms with E-state index < -0.39 is 0 Å². The van der Waals surface area contributed by atoms with Crippen LogP contribution in [0.1, 0.15) is 31.2 Å². The fourth-order valence-corrected chi connectivity index (χ4v) is 2.20. The van der Waals surface area contributed by atoms with Crippen LogP contribution >= 0.6 is 12.4 Å². The summed E-state index contributed by atoms with van der Waals surface area (Å²) in [6.45, 7) is 2.75. The zero-order valence-corrected chi connectivity index (χ0v) is 11.9. The third-order valence-electron chi connectivity index (χ3n) is 3.34. The summed E-state index contributed by atoms with van der Waals surface area (Å²) in [6.07, 6.45) is 3.66. The normalized spacial score (nSPS) is 17.9. The van der Waals surface area contributed by atoms with Gasteiger partial charge >= 0.3 is 0 Å². The second-order valence-electron chi connectivity index (χ2n) is 4.84. The standard InChI is InChI=1S/C14H19FN2O.ClH/c1-10-4-5-12(9-13(10)15)17-14(18)7-6-11-3-2-8-16-11;/h4-5,9,11,16H,2-3,6-8H2,1H3,(H,17,18);1H. The van der Waals surface area contributed by atoms with Crippen molar-refractivity contribution in [3.05, 3.63) is 29.6 Å². The Balaban J connectivity index is 0.00000180. The number of rotatable bonds is 4. The first-order valence-corrected chi connectivity index (χ1v) is 6.44. The van der Waals surface area contributed by atoms with E-state index in [-0.39, 0.29) is 24.1 Å². The number of carbonyl (C=O) groups excluding carboxylic acids is 1. The molecule has 0 bridgehead atoms. The Labute approximate surface area is 119 Å². The summed E-state index contributed by atoms with van der Waals surface area (Å²) in [7, 11) is 0. The van der Waals surface area contributed by atoms with Crippen LogP contribution < -0.4 is 10.6 Å². The van der Waals surface area contributed by atoms with Gasteiger partial charge in [0.2, 0.25) is 5.91 Å². The van der Waals surface area contributed by atoms with Crippen molar-refractivity contribution < 1.29 is 9.18 Å². The highest BCUT2D eigenvalue weighted by Crippen LogP contribution is 2.15. The fourth-order valence-electron chi connectivity index (χ4n) is 2.20. The van der Waals surface area contributed by atoms with Crippen LogP contribution in [0.25, 0.3) is 0 Å². The maximum Gasteiger partial charge on any atom is 0.224 e. The van der Waals surface area contributed by atoms with Gasteiger partial charge in [-0.25, -0.2) is 4.39 Å². The number of nitrogens with one attached hydrogen (secondary N) is 2. The van der Waals surface area contributed by atoms with Gasteiger partial charge in [-0.15, -0.1) is 12.4 Å². The molecule has 1 unspecified atom stereocenters. The predicted molar refractivity (Wildman–Crippen MR) is 77.3 cm³/mol. The van der Waals surface area contributed by atoms with Gasteiger partial charge in [-0.2, -0.15) is 0 Å². The molecule has 1 aromatic carbocycles. The van der Waals surface area contributed by atoms with Crippen LogP contribution in [0.2, 0.25) is 0 Å². The van der Waals surface area contributed by atoms with Crippen molar-refractivity contribution in [2.75, 3.05) is 11.9 Å². The van der Waals surface area contributed by atoms with Crippen molar-refractivity contribution in [2.45, 2.75) is 38.6 Å². The molecule has 106 valence electrons. The van der Waals surface area contributed by atoms with E-state index in [2.05, 4.69) is 10.6 Å². The highest BCUT2D eigenvalue weighted by Gasteiger charge is 2.15. The maximum absolute atomic E-state index is 13.3. The summed E-state index contributed by atoms with van der Waals surface area (Å²) < 4.78 is 13.3. The van der Waals surface area contributed by atoms with Crippen LogP contribution in [-0.2, 0) is 4.79 Å². The molecule has 0 aliphatic carbocycles. The third-order valence-corrected chi connectivity index (χ3v) is 3.34. The van der Waals surface area contributed by atoms with Crippen molar-refractivity contribution >= 4 is 24.0 Å². The number of aryl methyl sites for hydroxylation is 1. The van der Waals surface area contributed by atoms with Gasteiger partial charge in [-0.1, -0.05) is 6.07 Å². The SMILES string of the molecule is Cc1ccc(NC(=O)CCC2CCCN2)cc1F.Cl. The molecule has 1 aliphatic rings. The average molecular weight is 287 g/mol. The molecule has 0 radical (unpaired) electrons. The zero-order chi connectivity index (χ0) is 13.0. The molecule has 2 rings (SSSR count). The van der Waals surface area contributed by atoms with Crippen LogP contribution in [0, 0.1) is 12.7 Å². The van der Waals surface area contributed by atoms with E-state index in [0.717, 1.165) is 19.4 Å². The summed E-state index contributed by atoms with van der Waals surface area (Å²) >= 11 is 0. The molecule has 1 amide bonds. The minimum Gasteiger partial charge on any atom is -0.326 e. The van der Waals surface area contributed by atoms with Gasteiger partial charge in [-0.05, 0) is 50.4 Å². The molecule has 1 aromatic rings. The van der Waals surface area contributed by atoms with Gasteiger partial charge in [0, 0.05) is 18.2 Å². The minimum absolute atomic E-state index is 0. The Bertz CT molecular complexity index is 433. The number of halogens is 2. The van der Waals surface area contributed by atoms with Crippen LogP contribution in [0.5, 0.6) is 0 Å². The molecule has 0 saturated carbocycles. The molecule has 1 fully saturated rings.